The van der Waals surface area contributed by atoms with E-state index in [1.807, 2.05) is 0 Å². The van der Waals surface area contributed by atoms with Crippen LogP contribution in [0.15, 0.2) is 14.7 Å². The predicted octanol–water partition coefficient (Wildman–Crippen LogP) is 1.12. The lowest BCUT2D eigenvalue weighted by molar-refractivity contribution is -0.139. The first-order valence-corrected chi connectivity index (χ1v) is 8.58. The molecule has 0 fully saturated rings. The second-order valence-corrected chi connectivity index (χ2v) is 7.31. The largest absolute Gasteiger partial charge is 0.468 e. The quantitative estimate of drug-likeness (QED) is 0.616. The molecule has 1 atom stereocenters. The monoisotopic (exact) mass is 354 g/mol. The van der Waals surface area contributed by atoms with Crippen molar-refractivity contribution in [3.8, 4) is 0 Å². The zero-order valence-corrected chi connectivity index (χ0v) is 15.3. The fourth-order valence-corrected chi connectivity index (χ4v) is 3.23. The van der Waals surface area contributed by atoms with Crippen LogP contribution in [0.3, 0.4) is 0 Å². The van der Waals surface area contributed by atoms with Gasteiger partial charge in [-0.1, -0.05) is 25.6 Å². The van der Waals surface area contributed by atoms with E-state index >= 15 is 0 Å². The van der Waals surface area contributed by atoms with Crippen LogP contribution in [0.25, 0.3) is 11.2 Å². The van der Waals surface area contributed by atoms with Crippen molar-refractivity contribution < 1.29 is 9.53 Å². The van der Waals surface area contributed by atoms with E-state index < -0.39 is 16.5 Å². The van der Waals surface area contributed by atoms with Crippen molar-refractivity contribution in [2.24, 2.45) is 13.0 Å². The molecule has 0 unspecified atom stereocenters. The van der Waals surface area contributed by atoms with Crippen LogP contribution in [0.1, 0.15) is 27.2 Å². The summed E-state index contributed by atoms with van der Waals surface area (Å²) < 4.78 is 7.82. The Bertz CT molecular complexity index is 865. The Kier molecular flexibility index (Phi) is 5.53. The highest BCUT2D eigenvalue weighted by Gasteiger charge is 2.22. The Labute approximate surface area is 143 Å². The zero-order chi connectivity index (χ0) is 18.0. The smallest absolute Gasteiger partial charge is 0.329 e. The topological polar surface area (TPSA) is 99.0 Å². The number of rotatable bonds is 6. The number of nitrogens with one attached hydrogen (secondary N) is 1. The number of nitrogens with zero attached hydrogens (tertiary/aromatic N) is 3. The Morgan fingerprint density at radius 2 is 2.00 bits per heavy atom. The van der Waals surface area contributed by atoms with Gasteiger partial charge in [0, 0.05) is 13.6 Å². The van der Waals surface area contributed by atoms with Gasteiger partial charge < -0.3 is 9.30 Å². The number of imidazole rings is 1. The van der Waals surface area contributed by atoms with Crippen LogP contribution in [0.4, 0.5) is 0 Å². The normalized spacial score (nSPS) is 12.8. The molecular formula is C15H22N4O4S. The van der Waals surface area contributed by atoms with Gasteiger partial charge in [0.05, 0.1) is 7.11 Å². The van der Waals surface area contributed by atoms with Crippen molar-refractivity contribution in [2.45, 2.75) is 44.1 Å². The maximum absolute atomic E-state index is 12.3. The lowest BCUT2D eigenvalue weighted by Crippen LogP contribution is -2.29. The summed E-state index contributed by atoms with van der Waals surface area (Å²) in [5.41, 5.74) is -0.329. The Morgan fingerprint density at radius 1 is 1.33 bits per heavy atom. The molecule has 0 aliphatic rings. The number of aromatic amines is 1. The summed E-state index contributed by atoms with van der Waals surface area (Å²) in [6, 6.07) is 0. The second-order valence-electron chi connectivity index (χ2n) is 6.00. The Hall–Kier alpha value is -2.03. The molecule has 0 aliphatic carbocycles. The average molecular weight is 354 g/mol. The maximum atomic E-state index is 12.3. The van der Waals surface area contributed by atoms with E-state index in [2.05, 4.69) is 23.8 Å². The van der Waals surface area contributed by atoms with Crippen molar-refractivity contribution in [2.75, 3.05) is 7.11 Å². The van der Waals surface area contributed by atoms with Gasteiger partial charge in [0.25, 0.3) is 5.56 Å². The van der Waals surface area contributed by atoms with Crippen LogP contribution in [-0.2, 0) is 23.1 Å². The standard InChI is InChI=1S/C15H22N4O4S/c1-8(2)6-7-19-10-11(18(4)14(22)17-12(10)20)16-15(19)24-9(3)13(21)23-5/h8-9H,6-7H2,1-5H3,(H,17,20,22)/t9-/m1/s1. The number of aryl methyl sites for hydroxylation is 2. The number of aromatic nitrogens is 4. The minimum absolute atomic E-state index is 0.312. The SMILES string of the molecule is COC(=O)[C@@H](C)Sc1nc2c(c(=O)[nH]c(=O)n2C)n1CCC(C)C. The molecule has 2 aromatic heterocycles. The van der Waals surface area contributed by atoms with Crippen LogP contribution in [0, 0.1) is 5.92 Å². The van der Waals surface area contributed by atoms with E-state index in [-0.39, 0.29) is 5.97 Å². The summed E-state index contributed by atoms with van der Waals surface area (Å²) in [6.07, 6.45) is 0.841. The van der Waals surface area contributed by atoms with E-state index in [4.69, 9.17) is 4.74 Å². The van der Waals surface area contributed by atoms with Gasteiger partial charge in [0.2, 0.25) is 0 Å². The van der Waals surface area contributed by atoms with Gasteiger partial charge in [-0.2, -0.15) is 0 Å². The number of hydrogen-bond donors (Lipinski definition) is 1. The van der Waals surface area contributed by atoms with Gasteiger partial charge in [-0.15, -0.1) is 0 Å². The van der Waals surface area contributed by atoms with Crippen LogP contribution >= 0.6 is 11.8 Å². The molecule has 0 bridgehead atoms. The molecule has 0 aromatic carbocycles. The molecule has 0 amide bonds. The zero-order valence-electron chi connectivity index (χ0n) is 14.5. The van der Waals surface area contributed by atoms with Crippen molar-refractivity contribution in [1.29, 1.82) is 0 Å². The van der Waals surface area contributed by atoms with Crippen molar-refractivity contribution in [1.82, 2.24) is 19.1 Å². The Morgan fingerprint density at radius 3 is 2.58 bits per heavy atom. The van der Waals surface area contributed by atoms with E-state index in [1.165, 1.54) is 23.4 Å². The van der Waals surface area contributed by atoms with Crippen molar-refractivity contribution in [3.05, 3.63) is 20.8 Å². The summed E-state index contributed by atoms with van der Waals surface area (Å²) in [5, 5.41) is 0.0518. The van der Waals surface area contributed by atoms with Crippen LogP contribution in [0.5, 0.6) is 0 Å². The summed E-state index contributed by atoms with van der Waals surface area (Å²) >= 11 is 1.21. The maximum Gasteiger partial charge on any atom is 0.329 e. The molecule has 0 saturated heterocycles. The molecule has 0 aliphatic heterocycles. The number of fused-ring (bicyclic) bond motifs is 1. The highest BCUT2D eigenvalue weighted by molar-refractivity contribution is 8.00. The summed E-state index contributed by atoms with van der Waals surface area (Å²) in [7, 11) is 2.88. The first kappa shape index (κ1) is 18.3. The molecule has 9 heteroatoms. The number of carbonyl (C=O) groups excluding carboxylic acids is 1. The van der Waals surface area contributed by atoms with E-state index in [0.717, 1.165) is 6.42 Å². The first-order chi connectivity index (χ1) is 11.3. The van der Waals surface area contributed by atoms with E-state index in [9.17, 15) is 14.4 Å². The molecule has 2 heterocycles. The number of methoxy groups -OCH3 is 1. The minimum Gasteiger partial charge on any atom is -0.468 e. The molecule has 0 radical (unpaired) electrons. The van der Waals surface area contributed by atoms with Gasteiger partial charge in [0.1, 0.15) is 5.25 Å². The lowest BCUT2D eigenvalue weighted by atomic mass is 10.1. The predicted molar refractivity (Wildman–Crippen MR) is 92.4 cm³/mol. The molecule has 24 heavy (non-hydrogen) atoms. The van der Waals surface area contributed by atoms with Crippen LogP contribution in [0.2, 0.25) is 0 Å². The molecule has 132 valence electrons. The van der Waals surface area contributed by atoms with Crippen molar-refractivity contribution in [3.63, 3.8) is 0 Å². The number of esters is 1. The minimum atomic E-state index is -0.515. The highest BCUT2D eigenvalue weighted by Crippen LogP contribution is 2.26. The van der Waals surface area contributed by atoms with E-state index in [0.29, 0.717) is 28.8 Å². The van der Waals surface area contributed by atoms with Crippen LogP contribution in [-0.4, -0.2) is 37.4 Å². The van der Waals surface area contributed by atoms with E-state index in [1.54, 1.807) is 18.5 Å². The van der Waals surface area contributed by atoms with Gasteiger partial charge in [-0.25, -0.2) is 9.78 Å². The summed E-state index contributed by atoms with van der Waals surface area (Å²) in [5.74, 6) is 0.0650. The third-order valence-electron chi connectivity index (χ3n) is 3.72. The number of thioether (sulfide) groups is 1. The fourth-order valence-electron chi connectivity index (χ4n) is 2.27. The third-order valence-corrected chi connectivity index (χ3v) is 4.79. The second kappa shape index (κ2) is 7.25. The third kappa shape index (κ3) is 3.55. The Balaban J connectivity index is 2.60. The molecular weight excluding hydrogens is 332 g/mol. The molecule has 2 rings (SSSR count). The van der Waals surface area contributed by atoms with Gasteiger partial charge >= 0.3 is 11.7 Å². The number of H-pyrrole nitrogens is 1. The number of ether oxygens (including phenoxy) is 1. The average Bonchev–Trinajstić information content (AvgIpc) is 2.88. The highest BCUT2D eigenvalue weighted by atomic mass is 32.2. The van der Waals surface area contributed by atoms with Gasteiger partial charge in [0.15, 0.2) is 16.3 Å². The number of hydrogen-bond acceptors (Lipinski definition) is 6. The molecule has 1 N–H and O–H groups in total. The summed E-state index contributed by atoms with van der Waals surface area (Å²) in [4.78, 5) is 42.5. The first-order valence-electron chi connectivity index (χ1n) is 7.70. The molecule has 8 nitrogen and oxygen atoms in total. The van der Waals surface area contributed by atoms with Gasteiger partial charge in [-0.3, -0.25) is 19.1 Å². The molecule has 2 aromatic rings. The van der Waals surface area contributed by atoms with Crippen LogP contribution < -0.4 is 11.2 Å². The number of carbonyl (C=O) groups is 1. The lowest BCUT2D eigenvalue weighted by Gasteiger charge is -2.12. The molecule has 0 saturated carbocycles. The fraction of sp³-hybridized carbons (Fsp3) is 0.600. The van der Waals surface area contributed by atoms with Crippen molar-refractivity contribution >= 4 is 28.9 Å². The van der Waals surface area contributed by atoms with Gasteiger partial charge in [-0.05, 0) is 19.3 Å². The molecule has 0 spiro atoms. The summed E-state index contributed by atoms with van der Waals surface area (Å²) in [6.45, 7) is 6.46.